The minimum atomic E-state index is -0.229. The first-order chi connectivity index (χ1) is 10.6. The SMILES string of the molecule is CCOc1ccc(OCC(=O)Nc2cc(Br)ccc2Br)cc1. The van der Waals surface area contributed by atoms with Crippen LogP contribution in [0.4, 0.5) is 5.69 Å². The van der Waals surface area contributed by atoms with Crippen LogP contribution in [0, 0.1) is 0 Å². The lowest BCUT2D eigenvalue weighted by molar-refractivity contribution is -0.118. The van der Waals surface area contributed by atoms with E-state index < -0.39 is 0 Å². The number of rotatable bonds is 6. The Morgan fingerprint density at radius 2 is 1.68 bits per heavy atom. The molecule has 0 aliphatic carbocycles. The van der Waals surface area contributed by atoms with Crippen molar-refractivity contribution in [2.75, 3.05) is 18.5 Å². The minimum Gasteiger partial charge on any atom is -0.494 e. The second-order valence-corrected chi connectivity index (χ2v) is 6.14. The van der Waals surface area contributed by atoms with Crippen LogP contribution in [0.25, 0.3) is 0 Å². The molecular weight excluding hydrogens is 414 g/mol. The van der Waals surface area contributed by atoms with Crippen LogP contribution >= 0.6 is 31.9 Å². The summed E-state index contributed by atoms with van der Waals surface area (Å²) in [5.74, 6) is 1.16. The van der Waals surface area contributed by atoms with Gasteiger partial charge >= 0.3 is 0 Å². The third-order valence-corrected chi connectivity index (χ3v) is 3.89. The van der Waals surface area contributed by atoms with Gasteiger partial charge in [-0.2, -0.15) is 0 Å². The Kier molecular flexibility index (Phi) is 6.27. The first kappa shape index (κ1) is 16.8. The van der Waals surface area contributed by atoms with Gasteiger partial charge in [-0.3, -0.25) is 4.79 Å². The molecule has 0 aliphatic rings. The molecular formula is C16H15Br2NO3. The predicted molar refractivity (Wildman–Crippen MR) is 93.6 cm³/mol. The lowest BCUT2D eigenvalue weighted by atomic mass is 10.3. The molecule has 0 saturated carbocycles. The number of amides is 1. The van der Waals surface area contributed by atoms with Gasteiger partial charge in [0.15, 0.2) is 6.61 Å². The van der Waals surface area contributed by atoms with Gasteiger partial charge in [0, 0.05) is 8.95 Å². The molecule has 0 aliphatic heterocycles. The van der Waals surface area contributed by atoms with Crippen LogP contribution in [0.15, 0.2) is 51.4 Å². The van der Waals surface area contributed by atoms with Crippen molar-refractivity contribution < 1.29 is 14.3 Å². The maximum absolute atomic E-state index is 11.9. The predicted octanol–water partition coefficient (Wildman–Crippen LogP) is 4.63. The molecule has 4 nitrogen and oxygen atoms in total. The molecule has 2 aromatic carbocycles. The van der Waals surface area contributed by atoms with E-state index in [1.807, 2.05) is 37.3 Å². The molecule has 0 heterocycles. The lowest BCUT2D eigenvalue weighted by Crippen LogP contribution is -2.20. The van der Waals surface area contributed by atoms with Crippen molar-refractivity contribution in [3.8, 4) is 11.5 Å². The van der Waals surface area contributed by atoms with Gasteiger partial charge in [0.2, 0.25) is 0 Å². The molecule has 0 radical (unpaired) electrons. The van der Waals surface area contributed by atoms with Gasteiger partial charge in [-0.25, -0.2) is 0 Å². The lowest BCUT2D eigenvalue weighted by Gasteiger charge is -2.10. The summed E-state index contributed by atoms with van der Waals surface area (Å²) in [4.78, 5) is 11.9. The van der Waals surface area contributed by atoms with Crippen LogP contribution in [-0.4, -0.2) is 19.1 Å². The molecule has 0 spiro atoms. The van der Waals surface area contributed by atoms with Gasteiger partial charge in [0.1, 0.15) is 11.5 Å². The van der Waals surface area contributed by atoms with E-state index in [1.54, 1.807) is 12.1 Å². The Balaban J connectivity index is 1.88. The monoisotopic (exact) mass is 427 g/mol. The van der Waals surface area contributed by atoms with Crippen LogP contribution in [-0.2, 0) is 4.79 Å². The van der Waals surface area contributed by atoms with E-state index in [4.69, 9.17) is 9.47 Å². The first-order valence-electron chi connectivity index (χ1n) is 6.69. The smallest absolute Gasteiger partial charge is 0.262 e. The Morgan fingerprint density at radius 3 is 2.32 bits per heavy atom. The fourth-order valence-corrected chi connectivity index (χ4v) is 2.43. The van der Waals surface area contributed by atoms with Crippen LogP contribution in [0.2, 0.25) is 0 Å². The molecule has 2 rings (SSSR count). The van der Waals surface area contributed by atoms with Crippen molar-refractivity contribution in [1.82, 2.24) is 0 Å². The molecule has 1 N–H and O–H groups in total. The third kappa shape index (κ3) is 5.03. The van der Waals surface area contributed by atoms with Crippen molar-refractivity contribution >= 4 is 43.5 Å². The number of ether oxygens (including phenoxy) is 2. The second-order valence-electron chi connectivity index (χ2n) is 4.37. The molecule has 0 unspecified atom stereocenters. The van der Waals surface area contributed by atoms with Crippen molar-refractivity contribution in [1.29, 1.82) is 0 Å². The summed E-state index contributed by atoms with van der Waals surface area (Å²) < 4.78 is 12.5. The minimum absolute atomic E-state index is 0.0626. The molecule has 1 amide bonds. The number of hydrogen-bond acceptors (Lipinski definition) is 3. The van der Waals surface area contributed by atoms with Crippen molar-refractivity contribution in [2.24, 2.45) is 0 Å². The van der Waals surface area contributed by atoms with Gasteiger partial charge in [-0.1, -0.05) is 15.9 Å². The molecule has 0 atom stereocenters. The summed E-state index contributed by atoms with van der Waals surface area (Å²) in [6.45, 7) is 2.48. The van der Waals surface area contributed by atoms with Gasteiger partial charge in [-0.15, -0.1) is 0 Å². The molecule has 0 saturated heterocycles. The zero-order chi connectivity index (χ0) is 15.9. The van der Waals surface area contributed by atoms with Crippen LogP contribution in [0.5, 0.6) is 11.5 Å². The highest BCUT2D eigenvalue weighted by Crippen LogP contribution is 2.26. The number of halogens is 2. The topological polar surface area (TPSA) is 47.6 Å². The zero-order valence-electron chi connectivity index (χ0n) is 11.9. The van der Waals surface area contributed by atoms with Crippen molar-refractivity contribution in [2.45, 2.75) is 6.92 Å². The Hall–Kier alpha value is -1.53. The Labute approximate surface area is 146 Å². The molecule has 22 heavy (non-hydrogen) atoms. The van der Waals surface area contributed by atoms with Gasteiger partial charge < -0.3 is 14.8 Å². The van der Waals surface area contributed by atoms with E-state index in [1.165, 1.54) is 0 Å². The highest BCUT2D eigenvalue weighted by Gasteiger charge is 2.07. The number of carbonyl (C=O) groups is 1. The van der Waals surface area contributed by atoms with Crippen LogP contribution in [0.3, 0.4) is 0 Å². The Bertz CT molecular complexity index is 644. The molecule has 6 heteroatoms. The zero-order valence-corrected chi connectivity index (χ0v) is 15.1. The number of hydrogen-bond donors (Lipinski definition) is 1. The third-order valence-electron chi connectivity index (χ3n) is 2.71. The van der Waals surface area contributed by atoms with E-state index >= 15 is 0 Å². The summed E-state index contributed by atoms with van der Waals surface area (Å²) in [6, 6.07) is 12.7. The summed E-state index contributed by atoms with van der Waals surface area (Å²) >= 11 is 6.75. The van der Waals surface area contributed by atoms with E-state index in [-0.39, 0.29) is 12.5 Å². The average molecular weight is 429 g/mol. The molecule has 0 aromatic heterocycles. The average Bonchev–Trinajstić information content (AvgIpc) is 2.51. The normalized spacial score (nSPS) is 10.1. The summed E-state index contributed by atoms with van der Waals surface area (Å²) in [5, 5.41) is 2.79. The first-order valence-corrected chi connectivity index (χ1v) is 8.27. The van der Waals surface area contributed by atoms with Gasteiger partial charge in [-0.05, 0) is 65.3 Å². The number of anilines is 1. The van der Waals surface area contributed by atoms with E-state index in [2.05, 4.69) is 37.2 Å². The highest BCUT2D eigenvalue weighted by molar-refractivity contribution is 9.11. The molecule has 0 bridgehead atoms. The number of nitrogens with one attached hydrogen (secondary N) is 1. The van der Waals surface area contributed by atoms with E-state index in [0.29, 0.717) is 18.0 Å². The number of benzene rings is 2. The van der Waals surface area contributed by atoms with Gasteiger partial charge in [0.25, 0.3) is 5.91 Å². The summed E-state index contributed by atoms with van der Waals surface area (Å²) in [6.07, 6.45) is 0. The fourth-order valence-electron chi connectivity index (χ4n) is 1.73. The molecule has 116 valence electrons. The number of carbonyl (C=O) groups excluding carboxylic acids is 1. The molecule has 0 fully saturated rings. The largest absolute Gasteiger partial charge is 0.494 e. The highest BCUT2D eigenvalue weighted by atomic mass is 79.9. The summed E-state index contributed by atoms with van der Waals surface area (Å²) in [5.41, 5.74) is 0.690. The van der Waals surface area contributed by atoms with E-state index in [9.17, 15) is 4.79 Å². The quantitative estimate of drug-likeness (QED) is 0.729. The second kappa shape index (κ2) is 8.19. The van der Waals surface area contributed by atoms with Crippen LogP contribution in [0.1, 0.15) is 6.92 Å². The fraction of sp³-hybridized carbons (Fsp3) is 0.188. The van der Waals surface area contributed by atoms with Crippen LogP contribution < -0.4 is 14.8 Å². The maximum atomic E-state index is 11.9. The maximum Gasteiger partial charge on any atom is 0.262 e. The van der Waals surface area contributed by atoms with Crippen molar-refractivity contribution in [3.05, 3.63) is 51.4 Å². The Morgan fingerprint density at radius 1 is 1.05 bits per heavy atom. The van der Waals surface area contributed by atoms with E-state index in [0.717, 1.165) is 14.7 Å². The van der Waals surface area contributed by atoms with Gasteiger partial charge in [0.05, 0.1) is 12.3 Å². The standard InChI is InChI=1S/C16H15Br2NO3/c1-2-21-12-4-6-13(7-5-12)22-10-16(20)19-15-9-11(17)3-8-14(15)18/h3-9H,2,10H2,1H3,(H,19,20). The van der Waals surface area contributed by atoms with Crippen molar-refractivity contribution in [3.63, 3.8) is 0 Å². The molecule has 2 aromatic rings. The summed E-state index contributed by atoms with van der Waals surface area (Å²) in [7, 11) is 0.